The topological polar surface area (TPSA) is 98.8 Å². The Labute approximate surface area is 175 Å². The summed E-state index contributed by atoms with van der Waals surface area (Å²) in [6.45, 7) is 3.66. The molecule has 5 rings (SSSR count). The van der Waals surface area contributed by atoms with Crippen molar-refractivity contribution in [2.45, 2.75) is 50.7 Å². The second kappa shape index (κ2) is 7.59. The van der Waals surface area contributed by atoms with E-state index < -0.39 is 23.8 Å². The minimum absolute atomic E-state index is 0.127. The Hall–Kier alpha value is -2.58. The van der Waals surface area contributed by atoms with E-state index in [1.807, 2.05) is 12.1 Å². The predicted octanol–water partition coefficient (Wildman–Crippen LogP) is 0.662. The number of imide groups is 2. The summed E-state index contributed by atoms with van der Waals surface area (Å²) in [7, 11) is 0. The van der Waals surface area contributed by atoms with Gasteiger partial charge in [0.05, 0.1) is 11.1 Å². The molecule has 2 N–H and O–H groups in total. The van der Waals surface area contributed by atoms with E-state index in [0.717, 1.165) is 42.9 Å². The van der Waals surface area contributed by atoms with Crippen molar-refractivity contribution < 1.29 is 19.2 Å². The molecule has 1 aromatic carbocycles. The quantitative estimate of drug-likeness (QED) is 0.711. The van der Waals surface area contributed by atoms with E-state index in [4.69, 9.17) is 0 Å². The van der Waals surface area contributed by atoms with Crippen molar-refractivity contribution in [3.63, 3.8) is 0 Å². The molecule has 4 heterocycles. The molecule has 4 amide bonds. The molecule has 158 valence electrons. The molecule has 0 bridgehead atoms. The minimum atomic E-state index is -0.924. The van der Waals surface area contributed by atoms with Crippen LogP contribution in [0.4, 0.5) is 0 Å². The second-order valence-corrected chi connectivity index (χ2v) is 8.72. The largest absolute Gasteiger partial charge is 0.316 e. The van der Waals surface area contributed by atoms with Gasteiger partial charge in [-0.2, -0.15) is 0 Å². The number of benzene rings is 1. The maximum absolute atomic E-state index is 13.3. The number of carbonyl (C=O) groups excluding carboxylic acids is 4. The highest BCUT2D eigenvalue weighted by Crippen LogP contribution is 2.33. The van der Waals surface area contributed by atoms with Crippen LogP contribution in [0.1, 0.15) is 58.4 Å². The first-order valence-corrected chi connectivity index (χ1v) is 10.8. The third-order valence-electron chi connectivity index (χ3n) is 6.98. The molecular formula is C22H26N4O4. The van der Waals surface area contributed by atoms with Gasteiger partial charge in [-0.3, -0.25) is 34.3 Å². The smallest absolute Gasteiger partial charge is 0.262 e. The Morgan fingerprint density at radius 3 is 2.73 bits per heavy atom. The third-order valence-corrected chi connectivity index (χ3v) is 6.98. The van der Waals surface area contributed by atoms with E-state index in [9.17, 15) is 19.2 Å². The first-order chi connectivity index (χ1) is 14.5. The highest BCUT2D eigenvalue weighted by Gasteiger charge is 2.45. The molecule has 30 heavy (non-hydrogen) atoms. The van der Waals surface area contributed by atoms with Gasteiger partial charge < -0.3 is 5.32 Å². The average Bonchev–Trinajstić information content (AvgIpc) is 3.00. The van der Waals surface area contributed by atoms with Crippen molar-refractivity contribution in [3.05, 3.63) is 34.9 Å². The monoisotopic (exact) mass is 410 g/mol. The van der Waals surface area contributed by atoms with Crippen LogP contribution in [-0.4, -0.2) is 65.1 Å². The number of piperidine rings is 3. The minimum Gasteiger partial charge on any atom is -0.316 e. The first kappa shape index (κ1) is 19.4. The molecule has 1 aromatic rings. The zero-order valence-corrected chi connectivity index (χ0v) is 16.9. The van der Waals surface area contributed by atoms with Gasteiger partial charge in [0.1, 0.15) is 6.04 Å². The Morgan fingerprint density at radius 2 is 1.90 bits per heavy atom. The lowest BCUT2D eigenvalue weighted by molar-refractivity contribution is -0.136. The number of hydrogen-bond acceptors (Lipinski definition) is 6. The number of likely N-dealkylation sites (tertiary alicyclic amines) is 1. The zero-order valence-electron chi connectivity index (χ0n) is 16.9. The predicted molar refractivity (Wildman–Crippen MR) is 108 cm³/mol. The second-order valence-electron chi connectivity index (χ2n) is 8.72. The Kier molecular flexibility index (Phi) is 4.91. The van der Waals surface area contributed by atoms with Gasteiger partial charge in [0.2, 0.25) is 11.8 Å². The molecule has 8 nitrogen and oxygen atoms in total. The number of nitrogens with one attached hydrogen (secondary N) is 2. The van der Waals surface area contributed by atoms with Crippen molar-refractivity contribution in [2.24, 2.45) is 5.92 Å². The van der Waals surface area contributed by atoms with Crippen LogP contribution in [0.5, 0.6) is 0 Å². The molecule has 3 saturated heterocycles. The van der Waals surface area contributed by atoms with Crippen LogP contribution in [-0.2, 0) is 16.1 Å². The van der Waals surface area contributed by atoms with Gasteiger partial charge in [0, 0.05) is 19.0 Å². The van der Waals surface area contributed by atoms with E-state index in [2.05, 4.69) is 15.5 Å². The lowest BCUT2D eigenvalue weighted by Gasteiger charge is -2.44. The van der Waals surface area contributed by atoms with Gasteiger partial charge in [-0.1, -0.05) is 12.1 Å². The Morgan fingerprint density at radius 1 is 1.03 bits per heavy atom. The fourth-order valence-corrected chi connectivity index (χ4v) is 5.54. The molecular weight excluding hydrogens is 384 g/mol. The lowest BCUT2D eigenvalue weighted by Crippen LogP contribution is -2.54. The SMILES string of the molecule is O=C1CCC(N2C(=O)c3cccc(CN4CCCC5CNCCC54)c3C2=O)C(=O)N1. The molecule has 4 aliphatic heterocycles. The van der Waals surface area contributed by atoms with E-state index in [1.54, 1.807) is 6.07 Å². The normalized spacial score (nSPS) is 29.6. The molecule has 8 heteroatoms. The van der Waals surface area contributed by atoms with Crippen molar-refractivity contribution in [1.82, 2.24) is 20.4 Å². The van der Waals surface area contributed by atoms with Gasteiger partial charge in [-0.05, 0) is 62.9 Å². The fourth-order valence-electron chi connectivity index (χ4n) is 5.54. The van der Waals surface area contributed by atoms with E-state index in [-0.39, 0.29) is 18.7 Å². The lowest BCUT2D eigenvalue weighted by atomic mass is 9.84. The summed E-state index contributed by atoms with van der Waals surface area (Å²) >= 11 is 0. The van der Waals surface area contributed by atoms with Crippen LogP contribution in [0.3, 0.4) is 0 Å². The van der Waals surface area contributed by atoms with Crippen LogP contribution in [0.15, 0.2) is 18.2 Å². The molecule has 3 unspecified atom stereocenters. The zero-order chi connectivity index (χ0) is 20.8. The first-order valence-electron chi connectivity index (χ1n) is 10.8. The number of carbonyl (C=O) groups is 4. The molecule has 0 spiro atoms. The number of fused-ring (bicyclic) bond motifs is 2. The molecule has 0 saturated carbocycles. The van der Waals surface area contributed by atoms with Gasteiger partial charge >= 0.3 is 0 Å². The summed E-state index contributed by atoms with van der Waals surface area (Å²) in [5, 5.41) is 5.73. The summed E-state index contributed by atoms with van der Waals surface area (Å²) in [5.41, 5.74) is 1.63. The molecule has 0 aromatic heterocycles. The fraction of sp³-hybridized carbons (Fsp3) is 0.545. The van der Waals surface area contributed by atoms with Crippen LogP contribution < -0.4 is 10.6 Å². The third kappa shape index (κ3) is 3.15. The standard InChI is InChI=1S/C22H26N4O4/c27-18-7-6-17(20(28)24-18)26-21(29)15-5-1-3-14(19(15)22(26)30)12-25-10-2-4-13-11-23-9-8-16(13)25/h1,3,5,13,16-17,23H,2,4,6-12H2,(H,24,27,28). The van der Waals surface area contributed by atoms with Crippen molar-refractivity contribution >= 4 is 23.6 Å². The molecule has 3 atom stereocenters. The summed E-state index contributed by atoms with van der Waals surface area (Å²) in [5.74, 6) is -1.17. The van der Waals surface area contributed by atoms with Crippen molar-refractivity contribution in [3.8, 4) is 0 Å². The summed E-state index contributed by atoms with van der Waals surface area (Å²) < 4.78 is 0. The van der Waals surface area contributed by atoms with Gasteiger partial charge in [0.15, 0.2) is 0 Å². The van der Waals surface area contributed by atoms with Crippen LogP contribution >= 0.6 is 0 Å². The summed E-state index contributed by atoms with van der Waals surface area (Å²) in [6.07, 6.45) is 3.75. The highest BCUT2D eigenvalue weighted by atomic mass is 16.2. The van der Waals surface area contributed by atoms with Gasteiger partial charge in [-0.15, -0.1) is 0 Å². The van der Waals surface area contributed by atoms with Gasteiger partial charge in [0.25, 0.3) is 11.8 Å². The van der Waals surface area contributed by atoms with Crippen LogP contribution in [0.25, 0.3) is 0 Å². The number of rotatable bonds is 3. The molecule has 4 aliphatic rings. The highest BCUT2D eigenvalue weighted by molar-refractivity contribution is 6.24. The molecule has 0 radical (unpaired) electrons. The van der Waals surface area contributed by atoms with E-state index in [0.29, 0.717) is 29.6 Å². The van der Waals surface area contributed by atoms with Crippen LogP contribution in [0, 0.1) is 5.92 Å². The van der Waals surface area contributed by atoms with Crippen LogP contribution in [0.2, 0.25) is 0 Å². The summed E-state index contributed by atoms with van der Waals surface area (Å²) in [6, 6.07) is 4.97. The number of nitrogens with zero attached hydrogens (tertiary/aromatic N) is 2. The van der Waals surface area contributed by atoms with Gasteiger partial charge in [-0.25, -0.2) is 0 Å². The number of hydrogen-bond donors (Lipinski definition) is 2. The van der Waals surface area contributed by atoms with E-state index in [1.165, 1.54) is 6.42 Å². The Balaban J connectivity index is 1.42. The maximum Gasteiger partial charge on any atom is 0.262 e. The average molecular weight is 410 g/mol. The number of amides is 4. The molecule has 0 aliphatic carbocycles. The van der Waals surface area contributed by atoms with Crippen molar-refractivity contribution in [1.29, 1.82) is 0 Å². The van der Waals surface area contributed by atoms with E-state index >= 15 is 0 Å². The van der Waals surface area contributed by atoms with Crippen molar-refractivity contribution in [2.75, 3.05) is 19.6 Å². The summed E-state index contributed by atoms with van der Waals surface area (Å²) in [4.78, 5) is 53.6. The Bertz CT molecular complexity index is 928. The molecule has 3 fully saturated rings. The maximum atomic E-state index is 13.3.